The maximum Gasteiger partial charge on any atom is 0.307 e. The molecule has 7 heteroatoms. The number of thiophene rings is 1. The predicted molar refractivity (Wildman–Crippen MR) is 110 cm³/mol. The van der Waals surface area contributed by atoms with Gasteiger partial charge in [0.2, 0.25) is 0 Å². The van der Waals surface area contributed by atoms with E-state index in [9.17, 15) is 9.59 Å². The number of carbonyl (C=O) groups is 2. The summed E-state index contributed by atoms with van der Waals surface area (Å²) >= 11 is 1.54. The van der Waals surface area contributed by atoms with Gasteiger partial charge < -0.3 is 9.84 Å². The number of benzene rings is 1. The Hall–Kier alpha value is -2.67. The number of carbonyl (C=O) groups excluding carboxylic acids is 1. The van der Waals surface area contributed by atoms with Gasteiger partial charge in [0.25, 0.3) is 5.91 Å². The predicted octanol–water partition coefficient (Wildman–Crippen LogP) is 3.66. The molecule has 1 aromatic carbocycles. The number of rotatable bonds is 6. The minimum Gasteiger partial charge on any atom is -0.496 e. The van der Waals surface area contributed by atoms with Gasteiger partial charge in [0.05, 0.1) is 24.1 Å². The fourth-order valence-electron chi connectivity index (χ4n) is 3.38. The number of nitrogens with one attached hydrogen (secondary N) is 1. The second-order valence-electron chi connectivity index (χ2n) is 7.14. The summed E-state index contributed by atoms with van der Waals surface area (Å²) < 4.78 is 5.21. The van der Waals surface area contributed by atoms with Crippen LogP contribution in [0.4, 0.5) is 0 Å². The maximum absolute atomic E-state index is 12.5. The van der Waals surface area contributed by atoms with Gasteiger partial charge >= 0.3 is 5.97 Å². The summed E-state index contributed by atoms with van der Waals surface area (Å²) in [5, 5.41) is 13.3. The number of aliphatic carboxylic acids is 1. The molecular weight excluding hydrogens is 376 g/mol. The van der Waals surface area contributed by atoms with Gasteiger partial charge in [0.1, 0.15) is 5.75 Å². The van der Waals surface area contributed by atoms with E-state index in [1.165, 1.54) is 24.0 Å². The maximum atomic E-state index is 12.5. The third-order valence-electron chi connectivity index (χ3n) is 4.92. The Bertz CT molecular complexity index is 932. The highest BCUT2D eigenvalue weighted by atomic mass is 32.1. The zero-order chi connectivity index (χ0) is 20.3. The third kappa shape index (κ3) is 4.59. The van der Waals surface area contributed by atoms with E-state index in [0.717, 1.165) is 18.4 Å². The molecule has 0 radical (unpaired) electrons. The fourth-order valence-corrected chi connectivity index (χ4v) is 4.47. The quantitative estimate of drug-likeness (QED) is 0.572. The highest BCUT2D eigenvalue weighted by Gasteiger charge is 2.20. The summed E-state index contributed by atoms with van der Waals surface area (Å²) in [5.74, 6) is 0.0229. The lowest BCUT2D eigenvalue weighted by Crippen LogP contribution is -2.18. The second kappa shape index (κ2) is 8.56. The molecule has 1 aliphatic rings. The first-order valence-corrected chi connectivity index (χ1v) is 10.0. The van der Waals surface area contributed by atoms with Crippen molar-refractivity contribution in [3.8, 4) is 5.75 Å². The minimum absolute atomic E-state index is 0.143. The van der Waals surface area contributed by atoms with E-state index in [1.54, 1.807) is 36.5 Å². The first kappa shape index (κ1) is 20.1. The van der Waals surface area contributed by atoms with Crippen molar-refractivity contribution in [1.82, 2.24) is 5.43 Å². The lowest BCUT2D eigenvalue weighted by molar-refractivity contribution is -0.136. The third-order valence-corrected chi connectivity index (χ3v) is 6.15. The smallest absolute Gasteiger partial charge is 0.307 e. The lowest BCUT2D eigenvalue weighted by atomic mass is 9.90. The number of aryl methyl sites for hydroxylation is 1. The summed E-state index contributed by atoms with van der Waals surface area (Å²) in [6, 6.07) is 7.21. The van der Waals surface area contributed by atoms with E-state index in [4.69, 9.17) is 9.84 Å². The molecule has 0 saturated heterocycles. The van der Waals surface area contributed by atoms with Crippen LogP contribution in [0.5, 0.6) is 5.75 Å². The first-order valence-electron chi connectivity index (χ1n) is 9.22. The Morgan fingerprint density at radius 1 is 1.36 bits per heavy atom. The number of hydrogen-bond donors (Lipinski definition) is 2. The van der Waals surface area contributed by atoms with Gasteiger partial charge in [-0.2, -0.15) is 5.10 Å². The topological polar surface area (TPSA) is 88.0 Å². The van der Waals surface area contributed by atoms with E-state index in [-0.39, 0.29) is 12.3 Å². The highest BCUT2D eigenvalue weighted by Crippen LogP contribution is 2.32. The number of hydrogen-bond acceptors (Lipinski definition) is 5. The average Bonchev–Trinajstić information content (AvgIpc) is 3.08. The Balaban J connectivity index is 1.73. The molecule has 0 bridgehead atoms. The van der Waals surface area contributed by atoms with E-state index in [2.05, 4.69) is 17.5 Å². The van der Waals surface area contributed by atoms with Crippen molar-refractivity contribution < 1.29 is 19.4 Å². The van der Waals surface area contributed by atoms with Crippen molar-refractivity contribution in [2.24, 2.45) is 11.0 Å². The molecule has 1 aliphatic carbocycles. The van der Waals surface area contributed by atoms with Crippen molar-refractivity contribution in [2.45, 2.75) is 39.5 Å². The van der Waals surface area contributed by atoms with Crippen LogP contribution in [0.15, 0.2) is 29.4 Å². The molecule has 6 nitrogen and oxygen atoms in total. The summed E-state index contributed by atoms with van der Waals surface area (Å²) in [7, 11) is 1.50. The fraction of sp³-hybridized carbons (Fsp3) is 0.381. The zero-order valence-electron chi connectivity index (χ0n) is 16.2. The van der Waals surface area contributed by atoms with Gasteiger partial charge in [0, 0.05) is 10.4 Å². The summed E-state index contributed by atoms with van der Waals surface area (Å²) in [4.78, 5) is 25.5. The molecule has 148 valence electrons. The van der Waals surface area contributed by atoms with Crippen LogP contribution >= 0.6 is 11.3 Å². The van der Waals surface area contributed by atoms with E-state index >= 15 is 0 Å². The van der Waals surface area contributed by atoms with Crippen molar-refractivity contribution in [2.75, 3.05) is 7.11 Å². The number of carboxylic acid groups (broad SMARTS) is 1. The zero-order valence-corrected chi connectivity index (χ0v) is 17.1. The average molecular weight is 401 g/mol. The molecule has 0 saturated carbocycles. The van der Waals surface area contributed by atoms with Crippen LogP contribution in [0, 0.1) is 5.92 Å². The van der Waals surface area contributed by atoms with Crippen LogP contribution < -0.4 is 10.2 Å². The van der Waals surface area contributed by atoms with Gasteiger partial charge in [-0.25, -0.2) is 5.43 Å². The largest absolute Gasteiger partial charge is 0.496 e. The number of carboxylic acids is 1. The van der Waals surface area contributed by atoms with E-state index in [1.807, 2.05) is 6.07 Å². The van der Waals surface area contributed by atoms with Crippen molar-refractivity contribution in [3.63, 3.8) is 0 Å². The van der Waals surface area contributed by atoms with Crippen molar-refractivity contribution in [1.29, 1.82) is 0 Å². The molecule has 0 unspecified atom stereocenters. The van der Waals surface area contributed by atoms with Crippen LogP contribution in [0.1, 0.15) is 51.5 Å². The molecule has 0 fully saturated rings. The van der Waals surface area contributed by atoms with Crippen LogP contribution in [0.2, 0.25) is 0 Å². The van der Waals surface area contributed by atoms with Crippen LogP contribution in [-0.4, -0.2) is 29.8 Å². The Kier molecular flexibility index (Phi) is 6.14. The normalized spacial score (nSPS) is 16.4. The van der Waals surface area contributed by atoms with Crippen molar-refractivity contribution in [3.05, 3.63) is 50.7 Å². The van der Waals surface area contributed by atoms with Gasteiger partial charge in [-0.15, -0.1) is 11.3 Å². The number of methoxy groups -OCH3 is 1. The summed E-state index contributed by atoms with van der Waals surface area (Å²) in [6.45, 7) is 4.01. The van der Waals surface area contributed by atoms with Crippen LogP contribution in [0.25, 0.3) is 0 Å². The molecule has 3 rings (SSSR count). The van der Waals surface area contributed by atoms with Gasteiger partial charge in [-0.05, 0) is 67.5 Å². The monoisotopic (exact) mass is 400 g/mol. The number of amides is 1. The van der Waals surface area contributed by atoms with Gasteiger partial charge in [-0.3, -0.25) is 9.59 Å². The Morgan fingerprint density at radius 2 is 2.14 bits per heavy atom. The number of ether oxygens (including phenoxy) is 1. The SMILES string of the molecule is COc1ccc(/C(C)=N\NC(=O)c2cc3c(s2)CC[C@H](C)C3)cc1CC(=O)O. The molecule has 28 heavy (non-hydrogen) atoms. The molecule has 1 amide bonds. The second-order valence-corrected chi connectivity index (χ2v) is 8.28. The first-order chi connectivity index (χ1) is 13.4. The van der Waals surface area contributed by atoms with Crippen LogP contribution in [0.3, 0.4) is 0 Å². The molecule has 0 aliphatic heterocycles. The Labute approximate surface area is 168 Å². The molecule has 0 spiro atoms. The molecular formula is C21H24N2O4S. The standard InChI is InChI=1S/C21H24N2O4S/c1-12-4-7-18-16(8-12)10-19(28-18)21(26)23-22-13(2)14-5-6-17(27-3)15(9-14)11-20(24)25/h5-6,9-10,12H,4,7-8,11H2,1-3H3,(H,23,26)(H,24,25)/b22-13-/t12-/m0/s1. The van der Waals surface area contributed by atoms with Crippen molar-refractivity contribution >= 4 is 28.9 Å². The van der Waals surface area contributed by atoms with Crippen LogP contribution in [-0.2, 0) is 24.1 Å². The number of nitrogens with zero attached hydrogens (tertiary/aromatic N) is 1. The molecule has 2 N–H and O–H groups in total. The highest BCUT2D eigenvalue weighted by molar-refractivity contribution is 7.14. The Morgan fingerprint density at radius 3 is 2.86 bits per heavy atom. The molecule has 1 atom stereocenters. The summed E-state index contributed by atoms with van der Waals surface area (Å²) in [6.07, 6.45) is 3.09. The number of fused-ring (bicyclic) bond motifs is 1. The van der Waals surface area contributed by atoms with E-state index in [0.29, 0.717) is 27.8 Å². The van der Waals surface area contributed by atoms with Gasteiger partial charge in [-0.1, -0.05) is 6.92 Å². The number of hydrazone groups is 1. The molecule has 1 aromatic heterocycles. The molecule has 2 aromatic rings. The van der Waals surface area contributed by atoms with E-state index < -0.39 is 5.97 Å². The molecule has 1 heterocycles. The lowest BCUT2D eigenvalue weighted by Gasteiger charge is -2.16. The summed E-state index contributed by atoms with van der Waals surface area (Å²) in [5.41, 5.74) is 5.79. The van der Waals surface area contributed by atoms with Gasteiger partial charge in [0.15, 0.2) is 0 Å². The minimum atomic E-state index is -0.936.